The van der Waals surface area contributed by atoms with Crippen LogP contribution in [0.2, 0.25) is 0 Å². The predicted octanol–water partition coefficient (Wildman–Crippen LogP) is 0.0330. The first-order valence-electron chi connectivity index (χ1n) is 4.72. The van der Waals surface area contributed by atoms with E-state index in [1.165, 1.54) is 10.6 Å². The van der Waals surface area contributed by atoms with Gasteiger partial charge in [-0.15, -0.1) is 0 Å². The van der Waals surface area contributed by atoms with Crippen molar-refractivity contribution in [2.45, 2.75) is 6.04 Å². The smallest absolute Gasteiger partial charge is 0.341 e. The molecule has 5 heteroatoms. The third-order valence-electron chi connectivity index (χ3n) is 2.64. The second kappa shape index (κ2) is 3.51. The van der Waals surface area contributed by atoms with Crippen LogP contribution in [0, 0.1) is 0 Å². The molecule has 0 unspecified atom stereocenters. The molecule has 2 heterocycles. The lowest BCUT2D eigenvalue weighted by Gasteiger charge is -2.37. The molecule has 0 aliphatic carbocycles. The molecule has 1 aromatic heterocycles. The molecule has 2 rings (SSSR count). The van der Waals surface area contributed by atoms with Gasteiger partial charge in [-0.1, -0.05) is 0 Å². The lowest BCUT2D eigenvalue weighted by molar-refractivity contribution is 0.0692. The number of hydrogen-bond donors (Lipinski definition) is 1. The van der Waals surface area contributed by atoms with E-state index in [9.17, 15) is 9.59 Å². The number of carboxylic acid groups (broad SMARTS) is 1. The van der Waals surface area contributed by atoms with Gasteiger partial charge in [-0.3, -0.25) is 4.79 Å². The van der Waals surface area contributed by atoms with Crippen LogP contribution in [0.5, 0.6) is 0 Å². The zero-order valence-electron chi connectivity index (χ0n) is 8.38. The molecule has 1 aromatic rings. The number of aromatic carboxylic acids is 1. The average molecular weight is 208 g/mol. The van der Waals surface area contributed by atoms with Crippen molar-refractivity contribution in [2.24, 2.45) is 0 Å². The maximum absolute atomic E-state index is 11.7. The SMILES string of the molecule is CN1CC(n2cccc(C(=O)O)c2=O)C1. The van der Waals surface area contributed by atoms with E-state index in [1.54, 1.807) is 12.3 Å². The summed E-state index contributed by atoms with van der Waals surface area (Å²) in [5.74, 6) is -1.16. The molecule has 0 atom stereocenters. The van der Waals surface area contributed by atoms with Crippen LogP contribution in [0.25, 0.3) is 0 Å². The second-order valence-corrected chi connectivity index (χ2v) is 3.81. The summed E-state index contributed by atoms with van der Waals surface area (Å²) in [5, 5.41) is 8.79. The second-order valence-electron chi connectivity index (χ2n) is 3.81. The van der Waals surface area contributed by atoms with E-state index in [-0.39, 0.29) is 11.6 Å². The van der Waals surface area contributed by atoms with Gasteiger partial charge in [0.2, 0.25) is 0 Å². The lowest BCUT2D eigenvalue weighted by atomic mass is 10.1. The van der Waals surface area contributed by atoms with E-state index in [1.807, 2.05) is 7.05 Å². The minimum Gasteiger partial charge on any atom is -0.477 e. The van der Waals surface area contributed by atoms with E-state index in [0.717, 1.165) is 13.1 Å². The fourth-order valence-electron chi connectivity index (χ4n) is 1.80. The first-order valence-corrected chi connectivity index (χ1v) is 4.72. The van der Waals surface area contributed by atoms with Gasteiger partial charge in [-0.2, -0.15) is 0 Å². The molecule has 1 aliphatic rings. The van der Waals surface area contributed by atoms with E-state index < -0.39 is 11.5 Å². The largest absolute Gasteiger partial charge is 0.477 e. The van der Waals surface area contributed by atoms with Crippen LogP contribution in [0.1, 0.15) is 16.4 Å². The Kier molecular flexibility index (Phi) is 2.32. The van der Waals surface area contributed by atoms with Crippen molar-refractivity contribution < 1.29 is 9.90 Å². The van der Waals surface area contributed by atoms with Gasteiger partial charge >= 0.3 is 5.97 Å². The number of likely N-dealkylation sites (N-methyl/N-ethyl adjacent to an activating group) is 1. The molecule has 1 saturated heterocycles. The summed E-state index contributed by atoms with van der Waals surface area (Å²) < 4.78 is 1.50. The Morgan fingerprint density at radius 1 is 1.53 bits per heavy atom. The molecule has 15 heavy (non-hydrogen) atoms. The van der Waals surface area contributed by atoms with Crippen LogP contribution in [-0.4, -0.2) is 40.7 Å². The molecular formula is C10H12N2O3. The number of rotatable bonds is 2. The topological polar surface area (TPSA) is 62.5 Å². The number of pyridine rings is 1. The van der Waals surface area contributed by atoms with Gasteiger partial charge < -0.3 is 14.6 Å². The number of hydrogen-bond acceptors (Lipinski definition) is 3. The molecule has 0 aromatic carbocycles. The highest BCUT2D eigenvalue weighted by molar-refractivity contribution is 5.86. The minimum absolute atomic E-state index is 0.113. The van der Waals surface area contributed by atoms with Gasteiger partial charge in [0.1, 0.15) is 5.56 Å². The normalized spacial score (nSPS) is 17.4. The fourth-order valence-corrected chi connectivity index (χ4v) is 1.80. The van der Waals surface area contributed by atoms with Crippen molar-refractivity contribution in [3.8, 4) is 0 Å². The summed E-state index contributed by atoms with van der Waals surface area (Å²) in [6, 6.07) is 3.05. The Bertz CT molecular complexity index is 446. The van der Waals surface area contributed by atoms with E-state index >= 15 is 0 Å². The third-order valence-corrected chi connectivity index (χ3v) is 2.64. The zero-order chi connectivity index (χ0) is 11.0. The van der Waals surface area contributed by atoms with Crippen molar-refractivity contribution in [1.82, 2.24) is 9.47 Å². The van der Waals surface area contributed by atoms with Crippen molar-refractivity contribution in [3.63, 3.8) is 0 Å². The highest BCUT2D eigenvalue weighted by atomic mass is 16.4. The number of carboxylic acids is 1. The average Bonchev–Trinajstić information content (AvgIpc) is 2.13. The molecule has 0 spiro atoms. The molecule has 5 nitrogen and oxygen atoms in total. The number of nitrogens with zero attached hydrogens (tertiary/aromatic N) is 2. The van der Waals surface area contributed by atoms with Gasteiger partial charge in [0.15, 0.2) is 0 Å². The van der Waals surface area contributed by atoms with Gasteiger partial charge in [0.05, 0.1) is 6.04 Å². The Labute approximate surface area is 86.6 Å². The van der Waals surface area contributed by atoms with Crippen molar-refractivity contribution in [2.75, 3.05) is 20.1 Å². The standard InChI is InChI=1S/C10H12N2O3/c1-11-5-7(6-11)12-4-2-3-8(9(12)13)10(14)15/h2-4,7H,5-6H2,1H3,(H,14,15). The molecular weight excluding hydrogens is 196 g/mol. The Morgan fingerprint density at radius 3 is 2.73 bits per heavy atom. The Hall–Kier alpha value is -1.62. The van der Waals surface area contributed by atoms with Gasteiger partial charge in [-0.05, 0) is 19.2 Å². The van der Waals surface area contributed by atoms with Gasteiger partial charge in [0.25, 0.3) is 5.56 Å². The number of likely N-dealkylation sites (tertiary alicyclic amines) is 1. The third kappa shape index (κ3) is 1.66. The lowest BCUT2D eigenvalue weighted by Crippen LogP contribution is -2.48. The molecule has 0 saturated carbocycles. The van der Waals surface area contributed by atoms with Crippen LogP contribution in [0.4, 0.5) is 0 Å². The fraction of sp³-hybridized carbons (Fsp3) is 0.400. The molecule has 1 fully saturated rings. The van der Waals surface area contributed by atoms with Gasteiger partial charge in [-0.25, -0.2) is 4.79 Å². The monoisotopic (exact) mass is 208 g/mol. The van der Waals surface area contributed by atoms with Gasteiger partial charge in [0, 0.05) is 19.3 Å². The predicted molar refractivity (Wildman–Crippen MR) is 54.2 cm³/mol. The minimum atomic E-state index is -1.16. The van der Waals surface area contributed by atoms with Crippen molar-refractivity contribution >= 4 is 5.97 Å². The quantitative estimate of drug-likeness (QED) is 0.745. The summed E-state index contributed by atoms with van der Waals surface area (Å²) in [7, 11) is 1.96. The van der Waals surface area contributed by atoms with E-state index in [0.29, 0.717) is 0 Å². The maximum atomic E-state index is 11.7. The summed E-state index contributed by atoms with van der Waals surface area (Å²) >= 11 is 0. The summed E-state index contributed by atoms with van der Waals surface area (Å²) in [5.41, 5.74) is -0.574. The summed E-state index contributed by atoms with van der Waals surface area (Å²) in [6.45, 7) is 1.59. The maximum Gasteiger partial charge on any atom is 0.341 e. The highest BCUT2D eigenvalue weighted by Crippen LogP contribution is 2.16. The van der Waals surface area contributed by atoms with E-state index in [2.05, 4.69) is 4.90 Å². The molecule has 1 aliphatic heterocycles. The number of aromatic nitrogens is 1. The summed E-state index contributed by atoms with van der Waals surface area (Å²) in [4.78, 5) is 24.5. The molecule has 0 amide bonds. The van der Waals surface area contributed by atoms with E-state index in [4.69, 9.17) is 5.11 Å². The van der Waals surface area contributed by atoms with Crippen LogP contribution in [0.15, 0.2) is 23.1 Å². The first kappa shape index (κ1) is 9.92. The van der Waals surface area contributed by atoms with Crippen LogP contribution in [-0.2, 0) is 0 Å². The first-order chi connectivity index (χ1) is 7.09. The van der Waals surface area contributed by atoms with Crippen LogP contribution >= 0.6 is 0 Å². The molecule has 0 radical (unpaired) electrons. The number of carbonyl (C=O) groups is 1. The Morgan fingerprint density at radius 2 is 2.20 bits per heavy atom. The molecule has 0 bridgehead atoms. The molecule has 1 N–H and O–H groups in total. The zero-order valence-corrected chi connectivity index (χ0v) is 8.38. The highest BCUT2D eigenvalue weighted by Gasteiger charge is 2.26. The summed E-state index contributed by atoms with van der Waals surface area (Å²) in [6.07, 6.45) is 1.65. The van der Waals surface area contributed by atoms with Crippen molar-refractivity contribution in [1.29, 1.82) is 0 Å². The van der Waals surface area contributed by atoms with Crippen LogP contribution < -0.4 is 5.56 Å². The molecule has 80 valence electrons. The van der Waals surface area contributed by atoms with Crippen molar-refractivity contribution in [3.05, 3.63) is 34.2 Å². The van der Waals surface area contributed by atoms with Crippen LogP contribution in [0.3, 0.4) is 0 Å². The Balaban J connectivity index is 2.37.